The van der Waals surface area contributed by atoms with Crippen LogP contribution in [0.4, 0.5) is 0 Å². The molecule has 0 aliphatic carbocycles. The lowest BCUT2D eigenvalue weighted by Gasteiger charge is -2.16. The molecule has 2 amide bonds. The number of nitrogens with one attached hydrogen (secondary N) is 1. The maximum Gasteiger partial charge on any atom is 0.246 e. The van der Waals surface area contributed by atoms with Crippen LogP contribution in [-0.4, -0.2) is 31.1 Å². The van der Waals surface area contributed by atoms with E-state index < -0.39 is 11.9 Å². The van der Waals surface area contributed by atoms with E-state index in [0.717, 1.165) is 10.0 Å². The van der Waals surface area contributed by atoms with Gasteiger partial charge in [0.05, 0.1) is 0 Å². The molecule has 0 heterocycles. The van der Waals surface area contributed by atoms with Crippen LogP contribution in [0.15, 0.2) is 28.7 Å². The van der Waals surface area contributed by atoms with Gasteiger partial charge in [0.25, 0.3) is 0 Å². The second-order valence-electron chi connectivity index (χ2n) is 3.96. The van der Waals surface area contributed by atoms with Crippen LogP contribution < -0.4 is 11.1 Å². The average molecular weight is 329 g/mol. The summed E-state index contributed by atoms with van der Waals surface area (Å²) in [6.07, 6.45) is 0.342. The lowest BCUT2D eigenvalue weighted by Crippen LogP contribution is -2.47. The Morgan fingerprint density at radius 1 is 1.42 bits per heavy atom. The molecule has 0 aromatic heterocycles. The zero-order chi connectivity index (χ0) is 14.3. The van der Waals surface area contributed by atoms with E-state index in [4.69, 9.17) is 10.5 Å². The molecule has 0 aliphatic rings. The van der Waals surface area contributed by atoms with Crippen LogP contribution in [0.2, 0.25) is 0 Å². The summed E-state index contributed by atoms with van der Waals surface area (Å²) in [5.41, 5.74) is 6.21. The second kappa shape index (κ2) is 7.91. The van der Waals surface area contributed by atoms with E-state index in [1.807, 2.05) is 24.3 Å². The first-order valence-corrected chi connectivity index (χ1v) is 6.73. The number of amides is 2. The predicted octanol–water partition coefficient (Wildman–Crippen LogP) is 0.998. The Hall–Kier alpha value is -1.40. The van der Waals surface area contributed by atoms with Gasteiger partial charge in [-0.05, 0) is 18.6 Å². The van der Waals surface area contributed by atoms with Crippen molar-refractivity contribution in [3.8, 4) is 0 Å². The average Bonchev–Trinajstić information content (AvgIpc) is 2.38. The van der Waals surface area contributed by atoms with E-state index in [1.54, 1.807) is 6.92 Å². The number of carbonyl (C=O) groups excluding carboxylic acids is 2. The summed E-state index contributed by atoms with van der Waals surface area (Å²) < 4.78 is 5.85. The zero-order valence-electron chi connectivity index (χ0n) is 10.7. The third-order valence-corrected chi connectivity index (χ3v) is 3.27. The molecule has 1 rings (SSSR count). The lowest BCUT2D eigenvalue weighted by molar-refractivity contribution is -0.130. The summed E-state index contributed by atoms with van der Waals surface area (Å²) in [5, 5.41) is 2.57. The smallest absolute Gasteiger partial charge is 0.246 e. The molecule has 1 atom stereocenters. The Morgan fingerprint density at radius 2 is 2.11 bits per heavy atom. The number of carbonyl (C=O) groups is 2. The predicted molar refractivity (Wildman–Crippen MR) is 75.5 cm³/mol. The van der Waals surface area contributed by atoms with Crippen LogP contribution in [0.25, 0.3) is 0 Å². The number of hydrogen-bond acceptors (Lipinski definition) is 3. The molecule has 0 spiro atoms. The molecule has 104 valence electrons. The van der Waals surface area contributed by atoms with E-state index in [9.17, 15) is 9.59 Å². The highest BCUT2D eigenvalue weighted by molar-refractivity contribution is 9.10. The summed E-state index contributed by atoms with van der Waals surface area (Å²) in [6.45, 7) is 2.16. The summed E-state index contributed by atoms with van der Waals surface area (Å²) >= 11 is 3.39. The molecule has 19 heavy (non-hydrogen) atoms. The molecule has 5 nitrogen and oxygen atoms in total. The van der Waals surface area contributed by atoms with E-state index in [2.05, 4.69) is 21.2 Å². The van der Waals surface area contributed by atoms with Crippen LogP contribution in [0.1, 0.15) is 12.5 Å². The van der Waals surface area contributed by atoms with Gasteiger partial charge in [0.2, 0.25) is 11.8 Å². The summed E-state index contributed by atoms with van der Waals surface area (Å²) in [7, 11) is 0. The van der Waals surface area contributed by atoms with Gasteiger partial charge in [-0.2, -0.15) is 0 Å². The first-order valence-electron chi connectivity index (χ1n) is 5.94. The van der Waals surface area contributed by atoms with Gasteiger partial charge in [0.1, 0.15) is 12.6 Å². The molecule has 0 saturated carbocycles. The second-order valence-corrected chi connectivity index (χ2v) is 4.81. The maximum atomic E-state index is 11.5. The Bertz CT molecular complexity index is 451. The molecule has 0 unspecified atom stereocenters. The van der Waals surface area contributed by atoms with Gasteiger partial charge in [-0.15, -0.1) is 0 Å². The monoisotopic (exact) mass is 328 g/mol. The Labute approximate surface area is 120 Å². The van der Waals surface area contributed by atoms with E-state index in [-0.39, 0.29) is 12.5 Å². The summed E-state index contributed by atoms with van der Waals surface area (Å²) in [5.74, 6) is -0.918. The quantitative estimate of drug-likeness (QED) is 0.783. The normalized spacial score (nSPS) is 11.9. The number of primary amides is 1. The minimum absolute atomic E-state index is 0.0732. The molecule has 0 saturated heterocycles. The summed E-state index contributed by atoms with van der Waals surface area (Å²) in [6, 6.07) is 6.73. The van der Waals surface area contributed by atoms with Crippen molar-refractivity contribution >= 4 is 27.7 Å². The largest absolute Gasteiger partial charge is 0.372 e. The fourth-order valence-corrected chi connectivity index (χ4v) is 1.98. The number of hydrogen-bond donors (Lipinski definition) is 2. The minimum atomic E-state index is -0.744. The van der Waals surface area contributed by atoms with Crippen molar-refractivity contribution in [1.29, 1.82) is 0 Å². The third-order valence-electron chi connectivity index (χ3n) is 2.50. The topological polar surface area (TPSA) is 81.4 Å². The van der Waals surface area contributed by atoms with E-state index in [0.29, 0.717) is 13.0 Å². The number of ether oxygens (including phenoxy) is 1. The van der Waals surface area contributed by atoms with Crippen molar-refractivity contribution in [2.45, 2.75) is 19.4 Å². The zero-order valence-corrected chi connectivity index (χ0v) is 12.3. The van der Waals surface area contributed by atoms with Gasteiger partial charge < -0.3 is 15.8 Å². The minimum Gasteiger partial charge on any atom is -0.372 e. The highest BCUT2D eigenvalue weighted by atomic mass is 79.9. The van der Waals surface area contributed by atoms with Crippen molar-refractivity contribution in [2.24, 2.45) is 5.73 Å². The van der Waals surface area contributed by atoms with Crippen LogP contribution in [0.5, 0.6) is 0 Å². The van der Waals surface area contributed by atoms with Crippen molar-refractivity contribution in [3.63, 3.8) is 0 Å². The number of nitrogens with two attached hydrogens (primary N) is 1. The number of rotatable bonds is 7. The maximum absolute atomic E-state index is 11.5. The molecule has 0 radical (unpaired) electrons. The number of halogens is 1. The van der Waals surface area contributed by atoms with Crippen molar-refractivity contribution < 1.29 is 14.3 Å². The Kier molecular flexibility index (Phi) is 6.52. The summed E-state index contributed by atoms with van der Waals surface area (Å²) in [4.78, 5) is 22.9. The van der Waals surface area contributed by atoms with Gasteiger partial charge in [-0.3, -0.25) is 9.59 Å². The van der Waals surface area contributed by atoms with Crippen molar-refractivity contribution in [3.05, 3.63) is 34.3 Å². The molecule has 3 N–H and O–H groups in total. The van der Waals surface area contributed by atoms with E-state index >= 15 is 0 Å². The first-order chi connectivity index (χ1) is 9.04. The van der Waals surface area contributed by atoms with Crippen LogP contribution in [-0.2, 0) is 20.7 Å². The van der Waals surface area contributed by atoms with Crippen molar-refractivity contribution in [2.75, 3.05) is 13.2 Å². The first kappa shape index (κ1) is 15.7. The molecule has 0 aliphatic heterocycles. The molecular weight excluding hydrogens is 312 g/mol. The van der Waals surface area contributed by atoms with Crippen molar-refractivity contribution in [1.82, 2.24) is 5.32 Å². The van der Waals surface area contributed by atoms with Crippen LogP contribution in [0, 0.1) is 0 Å². The highest BCUT2D eigenvalue weighted by Crippen LogP contribution is 2.17. The Balaban J connectivity index is 2.66. The number of benzene rings is 1. The molecule has 6 heteroatoms. The highest BCUT2D eigenvalue weighted by Gasteiger charge is 2.19. The van der Waals surface area contributed by atoms with Gasteiger partial charge >= 0.3 is 0 Å². The standard InChI is InChI=1S/C13H17BrN2O3/c1-2-19-8-12(17)16-11(13(15)18)7-9-5-3-4-6-10(9)14/h3-6,11H,2,7-8H2,1H3,(H2,15,18)(H,16,17)/t11-/m0/s1. The SMILES string of the molecule is CCOCC(=O)N[C@@H](Cc1ccccc1Br)C(N)=O. The molecule has 1 aromatic rings. The van der Waals surface area contributed by atoms with Gasteiger partial charge in [0, 0.05) is 17.5 Å². The van der Waals surface area contributed by atoms with Gasteiger partial charge in [0.15, 0.2) is 0 Å². The fraction of sp³-hybridized carbons (Fsp3) is 0.385. The van der Waals surface area contributed by atoms with Gasteiger partial charge in [-0.1, -0.05) is 34.1 Å². The van der Waals surface area contributed by atoms with Crippen LogP contribution >= 0.6 is 15.9 Å². The van der Waals surface area contributed by atoms with E-state index in [1.165, 1.54) is 0 Å². The third kappa shape index (κ3) is 5.40. The molecule has 0 fully saturated rings. The molecule has 1 aromatic carbocycles. The lowest BCUT2D eigenvalue weighted by atomic mass is 10.1. The Morgan fingerprint density at radius 3 is 2.68 bits per heavy atom. The van der Waals surface area contributed by atoms with Gasteiger partial charge in [-0.25, -0.2) is 0 Å². The molecule has 0 bridgehead atoms. The van der Waals surface area contributed by atoms with Crippen LogP contribution in [0.3, 0.4) is 0 Å². The fourth-order valence-electron chi connectivity index (χ4n) is 1.54. The molecular formula is C13H17BrN2O3.